The molecule has 3 aliphatic heterocycles. The lowest BCUT2D eigenvalue weighted by Gasteiger charge is -2.53. The number of halogens is 1. The van der Waals surface area contributed by atoms with Crippen LogP contribution in [-0.2, 0) is 16.0 Å². The predicted octanol–water partition coefficient (Wildman–Crippen LogP) is 2.57. The second-order valence-electron chi connectivity index (χ2n) is 7.42. The number of urea groups is 1. The molecule has 4 amide bonds. The number of benzene rings is 2. The normalized spacial score (nSPS) is 26.2. The molecule has 8 heteroatoms. The second-order valence-corrected chi connectivity index (χ2v) is 8.57. The van der Waals surface area contributed by atoms with E-state index in [1.54, 1.807) is 54.2 Å². The molecule has 29 heavy (non-hydrogen) atoms. The van der Waals surface area contributed by atoms with Crippen molar-refractivity contribution in [2.75, 3.05) is 27.9 Å². The second kappa shape index (κ2) is 6.59. The fourth-order valence-corrected chi connectivity index (χ4v) is 5.82. The van der Waals surface area contributed by atoms with Crippen LogP contribution in [0.15, 0.2) is 48.5 Å². The average molecular weight is 411 g/mol. The highest BCUT2D eigenvalue weighted by atomic mass is 32.2. The van der Waals surface area contributed by atoms with Crippen LogP contribution in [0, 0.1) is 11.2 Å². The van der Waals surface area contributed by atoms with Crippen LogP contribution in [-0.4, -0.2) is 41.9 Å². The number of fused-ring (bicyclic) bond motifs is 4. The van der Waals surface area contributed by atoms with Crippen molar-refractivity contribution >= 4 is 41.0 Å². The minimum absolute atomic E-state index is 0.0586. The smallest absolute Gasteiger partial charge is 0.335 e. The van der Waals surface area contributed by atoms with Crippen LogP contribution >= 0.6 is 11.8 Å². The summed E-state index contributed by atoms with van der Waals surface area (Å²) < 4.78 is 14.7. The van der Waals surface area contributed by atoms with Gasteiger partial charge in [0, 0.05) is 18.1 Å². The number of para-hydroxylation sites is 2. The van der Waals surface area contributed by atoms with E-state index in [2.05, 4.69) is 5.32 Å². The Balaban J connectivity index is 1.69. The van der Waals surface area contributed by atoms with Crippen molar-refractivity contribution in [1.82, 2.24) is 5.32 Å². The lowest BCUT2D eigenvalue weighted by Crippen LogP contribution is -2.73. The highest BCUT2D eigenvalue weighted by molar-refractivity contribution is 7.99. The van der Waals surface area contributed by atoms with Gasteiger partial charge in [0.05, 0.1) is 17.4 Å². The van der Waals surface area contributed by atoms with Gasteiger partial charge in [0.15, 0.2) is 5.41 Å². The third-order valence-electron chi connectivity index (χ3n) is 5.95. The number of nitrogens with zero attached hydrogens (tertiary/aromatic N) is 2. The summed E-state index contributed by atoms with van der Waals surface area (Å²) in [6.45, 7) is 0.533. The van der Waals surface area contributed by atoms with E-state index in [4.69, 9.17) is 0 Å². The first-order chi connectivity index (χ1) is 14.0. The SMILES string of the molecule is O=C1NC(=O)[C@]2(Cc3cccc(F)c3N3CCSC[C@H]32)C(=O)N1c1ccccc1. The molecule has 1 N–H and O–H groups in total. The van der Waals surface area contributed by atoms with Crippen molar-refractivity contribution in [2.24, 2.45) is 5.41 Å². The number of nitrogens with one attached hydrogen (secondary N) is 1. The minimum Gasteiger partial charge on any atom is -0.363 e. The molecule has 2 atom stereocenters. The number of amides is 4. The molecule has 2 aromatic rings. The molecule has 3 heterocycles. The van der Waals surface area contributed by atoms with Crippen LogP contribution in [0.4, 0.5) is 20.6 Å². The maximum atomic E-state index is 14.7. The molecule has 2 saturated heterocycles. The van der Waals surface area contributed by atoms with E-state index in [1.165, 1.54) is 6.07 Å². The van der Waals surface area contributed by atoms with Gasteiger partial charge in [0.25, 0.3) is 5.91 Å². The van der Waals surface area contributed by atoms with Gasteiger partial charge in [-0.3, -0.25) is 14.9 Å². The summed E-state index contributed by atoms with van der Waals surface area (Å²) in [6, 6.07) is 12.0. The summed E-state index contributed by atoms with van der Waals surface area (Å²) in [5.74, 6) is -0.229. The molecule has 0 aromatic heterocycles. The first-order valence-corrected chi connectivity index (χ1v) is 10.6. The molecule has 148 valence electrons. The van der Waals surface area contributed by atoms with Crippen LogP contribution in [0.5, 0.6) is 0 Å². The van der Waals surface area contributed by atoms with Crippen molar-refractivity contribution in [1.29, 1.82) is 0 Å². The fraction of sp³-hybridized carbons (Fsp3) is 0.286. The average Bonchev–Trinajstić information content (AvgIpc) is 2.73. The van der Waals surface area contributed by atoms with Gasteiger partial charge < -0.3 is 4.90 Å². The van der Waals surface area contributed by atoms with Gasteiger partial charge in [-0.05, 0) is 30.2 Å². The maximum absolute atomic E-state index is 14.7. The van der Waals surface area contributed by atoms with Gasteiger partial charge in [-0.15, -0.1) is 0 Å². The molecule has 0 radical (unpaired) electrons. The Kier molecular flexibility index (Phi) is 4.13. The summed E-state index contributed by atoms with van der Waals surface area (Å²) in [7, 11) is 0. The maximum Gasteiger partial charge on any atom is 0.335 e. The van der Waals surface area contributed by atoms with E-state index >= 15 is 0 Å². The highest BCUT2D eigenvalue weighted by Crippen LogP contribution is 2.48. The third kappa shape index (κ3) is 2.51. The molecule has 6 nitrogen and oxygen atoms in total. The lowest BCUT2D eigenvalue weighted by atomic mass is 9.68. The van der Waals surface area contributed by atoms with Crippen molar-refractivity contribution in [3.63, 3.8) is 0 Å². The van der Waals surface area contributed by atoms with Gasteiger partial charge in [0.2, 0.25) is 5.91 Å². The number of thioether (sulfide) groups is 1. The number of rotatable bonds is 1. The molecule has 3 aliphatic rings. The topological polar surface area (TPSA) is 69.7 Å². The molecule has 0 aliphatic carbocycles. The van der Waals surface area contributed by atoms with Crippen LogP contribution in [0.25, 0.3) is 0 Å². The van der Waals surface area contributed by atoms with Gasteiger partial charge in [-0.1, -0.05) is 30.3 Å². The Morgan fingerprint density at radius 2 is 1.86 bits per heavy atom. The van der Waals surface area contributed by atoms with Crippen LogP contribution in [0.3, 0.4) is 0 Å². The third-order valence-corrected chi connectivity index (χ3v) is 6.97. The van der Waals surface area contributed by atoms with E-state index in [-0.39, 0.29) is 12.2 Å². The molecule has 2 aromatic carbocycles. The van der Waals surface area contributed by atoms with Gasteiger partial charge in [-0.2, -0.15) is 11.8 Å². The molecular weight excluding hydrogens is 393 g/mol. The summed E-state index contributed by atoms with van der Waals surface area (Å²) in [4.78, 5) is 42.5. The molecule has 0 unspecified atom stereocenters. The van der Waals surface area contributed by atoms with Gasteiger partial charge in [-0.25, -0.2) is 14.1 Å². The number of hydrogen-bond donors (Lipinski definition) is 1. The van der Waals surface area contributed by atoms with Crippen LogP contribution in [0.2, 0.25) is 0 Å². The van der Waals surface area contributed by atoms with Crippen LogP contribution in [0.1, 0.15) is 5.56 Å². The van der Waals surface area contributed by atoms with Crippen molar-refractivity contribution in [2.45, 2.75) is 12.5 Å². The van der Waals surface area contributed by atoms with E-state index in [1.807, 2.05) is 4.90 Å². The Hall–Kier alpha value is -2.87. The largest absolute Gasteiger partial charge is 0.363 e. The first kappa shape index (κ1) is 18.2. The van der Waals surface area contributed by atoms with E-state index in [0.29, 0.717) is 29.2 Å². The number of hydrogen-bond acceptors (Lipinski definition) is 5. The summed E-state index contributed by atoms with van der Waals surface area (Å²) in [5.41, 5.74) is -0.00839. The summed E-state index contributed by atoms with van der Waals surface area (Å²) in [5, 5.41) is 2.39. The van der Waals surface area contributed by atoms with E-state index in [9.17, 15) is 18.8 Å². The van der Waals surface area contributed by atoms with Crippen LogP contribution < -0.4 is 15.1 Å². The fourth-order valence-electron chi connectivity index (χ4n) is 4.64. The molecular formula is C21H18FN3O3S. The van der Waals surface area contributed by atoms with Gasteiger partial charge >= 0.3 is 6.03 Å². The Morgan fingerprint density at radius 3 is 2.66 bits per heavy atom. The molecule has 2 fully saturated rings. The molecule has 0 bridgehead atoms. The molecule has 5 rings (SSSR count). The van der Waals surface area contributed by atoms with Gasteiger partial charge in [0.1, 0.15) is 5.82 Å². The highest BCUT2D eigenvalue weighted by Gasteiger charge is 2.62. The monoisotopic (exact) mass is 411 g/mol. The molecule has 0 saturated carbocycles. The summed E-state index contributed by atoms with van der Waals surface area (Å²) in [6.07, 6.45) is 0.0586. The van der Waals surface area contributed by atoms with Crippen molar-refractivity contribution in [3.8, 4) is 0 Å². The van der Waals surface area contributed by atoms with E-state index < -0.39 is 29.3 Å². The number of carbonyl (C=O) groups is 3. The predicted molar refractivity (Wildman–Crippen MR) is 108 cm³/mol. The Morgan fingerprint density at radius 1 is 1.07 bits per heavy atom. The first-order valence-electron chi connectivity index (χ1n) is 9.41. The van der Waals surface area contributed by atoms with E-state index in [0.717, 1.165) is 10.7 Å². The lowest BCUT2D eigenvalue weighted by molar-refractivity contribution is -0.144. The Bertz CT molecular complexity index is 1030. The molecule has 1 spiro atoms. The quantitative estimate of drug-likeness (QED) is 0.731. The Labute approximate surface area is 171 Å². The standard InChI is InChI=1S/C21H18FN3O3S/c22-15-8-4-5-13-11-21(16-12-29-10-9-24(16)17(13)15)18(26)23-20(28)25(19(21)27)14-6-2-1-3-7-14/h1-8,16H,9-12H2,(H,23,26,28)/t16-,21+/m0/s1. The zero-order valence-corrected chi connectivity index (χ0v) is 16.2. The number of imide groups is 2. The van der Waals surface area contributed by atoms with Crippen molar-refractivity contribution < 1.29 is 18.8 Å². The summed E-state index contributed by atoms with van der Waals surface area (Å²) >= 11 is 1.63. The number of barbiturate groups is 1. The zero-order valence-electron chi connectivity index (χ0n) is 15.4. The minimum atomic E-state index is -1.49. The van der Waals surface area contributed by atoms with Crippen molar-refractivity contribution in [3.05, 3.63) is 59.9 Å². The number of anilines is 2. The zero-order chi connectivity index (χ0) is 20.2. The number of carbonyl (C=O) groups excluding carboxylic acids is 3.